The quantitative estimate of drug-likeness (QED) is 0.288. The van der Waals surface area contributed by atoms with Crippen LogP contribution < -0.4 is 5.32 Å². The fourth-order valence-electron chi connectivity index (χ4n) is 3.51. The third kappa shape index (κ3) is 5.93. The number of likely N-dealkylation sites (tertiary alicyclic amines) is 1. The molecular formula is C21H28IN5OS. The molecule has 0 radical (unpaired) electrons. The van der Waals surface area contributed by atoms with E-state index in [1.54, 1.807) is 11.3 Å². The van der Waals surface area contributed by atoms with E-state index in [9.17, 15) is 0 Å². The van der Waals surface area contributed by atoms with Crippen LogP contribution in [0.25, 0.3) is 4.96 Å². The molecule has 0 saturated carbocycles. The van der Waals surface area contributed by atoms with Gasteiger partial charge in [-0.2, -0.15) is 0 Å². The van der Waals surface area contributed by atoms with Crippen LogP contribution in [0.15, 0.2) is 53.1 Å². The molecule has 1 fully saturated rings. The third-order valence-corrected chi connectivity index (χ3v) is 5.69. The molecule has 8 heteroatoms. The molecule has 0 spiro atoms. The van der Waals surface area contributed by atoms with Crippen molar-refractivity contribution in [1.82, 2.24) is 19.6 Å². The van der Waals surface area contributed by atoms with E-state index in [-0.39, 0.29) is 24.0 Å². The number of benzene rings is 1. The number of nitrogens with zero attached hydrogens (tertiary/aromatic N) is 4. The second-order valence-corrected chi connectivity index (χ2v) is 7.97. The maximum atomic E-state index is 5.95. The van der Waals surface area contributed by atoms with Gasteiger partial charge in [0.2, 0.25) is 0 Å². The van der Waals surface area contributed by atoms with Crippen LogP contribution in [0.1, 0.15) is 24.6 Å². The summed E-state index contributed by atoms with van der Waals surface area (Å²) in [6, 6.07) is 10.4. The minimum Gasteiger partial charge on any atom is -0.376 e. The Morgan fingerprint density at radius 3 is 3.00 bits per heavy atom. The molecule has 6 nitrogen and oxygen atoms in total. The molecule has 0 aliphatic carbocycles. The molecule has 1 saturated heterocycles. The Bertz CT molecular complexity index is 882. The summed E-state index contributed by atoms with van der Waals surface area (Å²) in [6.45, 7) is 7.05. The predicted octanol–water partition coefficient (Wildman–Crippen LogP) is 4.02. The average molecular weight is 525 g/mol. The van der Waals surface area contributed by atoms with E-state index in [0.29, 0.717) is 19.1 Å². The average Bonchev–Trinajstić information content (AvgIpc) is 3.42. The number of rotatable bonds is 7. The lowest BCUT2D eigenvalue weighted by atomic mass is 10.1. The van der Waals surface area contributed by atoms with Crippen LogP contribution in [0.4, 0.5) is 0 Å². The zero-order chi connectivity index (χ0) is 19.2. The Morgan fingerprint density at radius 1 is 1.34 bits per heavy atom. The van der Waals surface area contributed by atoms with Gasteiger partial charge in [0.05, 0.1) is 25.5 Å². The van der Waals surface area contributed by atoms with Crippen molar-refractivity contribution in [3.8, 4) is 0 Å². The summed E-state index contributed by atoms with van der Waals surface area (Å²) in [5.74, 6) is 1.52. The van der Waals surface area contributed by atoms with Gasteiger partial charge in [-0.15, -0.1) is 35.3 Å². The van der Waals surface area contributed by atoms with Gasteiger partial charge in [-0.3, -0.25) is 4.40 Å². The van der Waals surface area contributed by atoms with Gasteiger partial charge in [-0.1, -0.05) is 30.3 Å². The molecule has 0 bridgehead atoms. The molecule has 1 N–H and O–H groups in total. The molecule has 3 heterocycles. The number of hydrogen-bond acceptors (Lipinski definition) is 4. The van der Waals surface area contributed by atoms with E-state index in [0.717, 1.165) is 49.3 Å². The number of imidazole rings is 1. The van der Waals surface area contributed by atoms with E-state index in [1.807, 2.05) is 17.6 Å². The smallest absolute Gasteiger partial charge is 0.194 e. The Balaban J connectivity index is 0.00000240. The van der Waals surface area contributed by atoms with E-state index in [1.165, 1.54) is 5.56 Å². The lowest BCUT2D eigenvalue weighted by Gasteiger charge is -2.21. The number of ether oxygens (including phenoxy) is 1. The van der Waals surface area contributed by atoms with E-state index in [2.05, 4.69) is 57.0 Å². The molecular weight excluding hydrogens is 497 g/mol. The van der Waals surface area contributed by atoms with Gasteiger partial charge in [0, 0.05) is 43.3 Å². The maximum absolute atomic E-state index is 5.95. The van der Waals surface area contributed by atoms with Crippen LogP contribution in [0, 0.1) is 5.92 Å². The molecule has 156 valence electrons. The number of thiazole rings is 1. The molecule has 1 aliphatic rings. The molecule has 2 aromatic heterocycles. The van der Waals surface area contributed by atoms with Crippen LogP contribution in [0.2, 0.25) is 0 Å². The first-order valence-electron chi connectivity index (χ1n) is 9.88. The van der Waals surface area contributed by atoms with E-state index < -0.39 is 0 Å². The number of halogens is 1. The van der Waals surface area contributed by atoms with Crippen molar-refractivity contribution in [1.29, 1.82) is 0 Å². The maximum Gasteiger partial charge on any atom is 0.194 e. The Hall–Kier alpha value is -1.65. The second-order valence-electron chi connectivity index (χ2n) is 7.10. The highest BCUT2D eigenvalue weighted by Crippen LogP contribution is 2.18. The molecule has 29 heavy (non-hydrogen) atoms. The lowest BCUT2D eigenvalue weighted by Crippen LogP contribution is -2.40. The van der Waals surface area contributed by atoms with Crippen LogP contribution in [-0.2, 0) is 17.9 Å². The van der Waals surface area contributed by atoms with Gasteiger partial charge in [0.1, 0.15) is 0 Å². The lowest BCUT2D eigenvalue weighted by molar-refractivity contribution is 0.0906. The van der Waals surface area contributed by atoms with Crippen LogP contribution in [-0.4, -0.2) is 46.5 Å². The molecule has 3 aromatic rings. The number of aromatic nitrogens is 2. The summed E-state index contributed by atoms with van der Waals surface area (Å²) < 4.78 is 8.00. The van der Waals surface area contributed by atoms with Gasteiger partial charge in [-0.05, 0) is 18.9 Å². The standard InChI is InChI=1S/C21H27N5OS.HI/c1-2-22-20(23-12-19-14-26-10-11-28-21(26)24-19)25-9-8-18(13-25)16-27-15-17-6-4-3-5-7-17;/h3-7,10-11,14,18H,2,8-9,12-13,15-16H2,1H3,(H,22,23);1H. The fraction of sp³-hybridized carbons (Fsp3) is 0.429. The van der Waals surface area contributed by atoms with Gasteiger partial charge >= 0.3 is 0 Å². The van der Waals surface area contributed by atoms with E-state index in [4.69, 9.17) is 9.73 Å². The van der Waals surface area contributed by atoms with Crippen molar-refractivity contribution in [2.24, 2.45) is 10.9 Å². The first-order chi connectivity index (χ1) is 13.8. The van der Waals surface area contributed by atoms with Crippen molar-refractivity contribution in [3.63, 3.8) is 0 Å². The van der Waals surface area contributed by atoms with E-state index >= 15 is 0 Å². The SMILES string of the molecule is CCNC(=NCc1cn2ccsc2n1)N1CCC(COCc2ccccc2)C1.I. The Morgan fingerprint density at radius 2 is 2.21 bits per heavy atom. The zero-order valence-electron chi connectivity index (χ0n) is 16.7. The summed E-state index contributed by atoms with van der Waals surface area (Å²) in [4.78, 5) is 12.8. The number of fused-ring (bicyclic) bond motifs is 1. The van der Waals surface area contributed by atoms with Crippen LogP contribution in [0.3, 0.4) is 0 Å². The van der Waals surface area contributed by atoms with Gasteiger partial charge in [0.15, 0.2) is 10.9 Å². The molecule has 1 aliphatic heterocycles. The molecule has 4 rings (SSSR count). The van der Waals surface area contributed by atoms with Crippen molar-refractivity contribution in [2.45, 2.75) is 26.5 Å². The number of nitrogens with one attached hydrogen (secondary N) is 1. The summed E-state index contributed by atoms with van der Waals surface area (Å²) >= 11 is 1.65. The van der Waals surface area contributed by atoms with Gasteiger partial charge < -0.3 is 15.0 Å². The number of aliphatic imine (C=N–C) groups is 1. The zero-order valence-corrected chi connectivity index (χ0v) is 19.8. The topological polar surface area (TPSA) is 54.2 Å². The molecule has 1 aromatic carbocycles. The minimum absolute atomic E-state index is 0. The van der Waals surface area contributed by atoms with Crippen molar-refractivity contribution in [3.05, 3.63) is 59.4 Å². The first-order valence-corrected chi connectivity index (χ1v) is 10.8. The normalized spacial score (nSPS) is 16.9. The highest BCUT2D eigenvalue weighted by atomic mass is 127. The van der Waals surface area contributed by atoms with Crippen LogP contribution in [0.5, 0.6) is 0 Å². The summed E-state index contributed by atoms with van der Waals surface area (Å²) in [5, 5.41) is 5.47. The van der Waals surface area contributed by atoms with Gasteiger partial charge in [0.25, 0.3) is 0 Å². The Kier molecular flexibility index (Phi) is 8.31. The Labute approximate surface area is 193 Å². The highest BCUT2D eigenvalue weighted by Gasteiger charge is 2.25. The second kappa shape index (κ2) is 10.9. The summed E-state index contributed by atoms with van der Waals surface area (Å²) in [5.41, 5.74) is 2.23. The van der Waals surface area contributed by atoms with Crippen molar-refractivity contribution < 1.29 is 4.74 Å². The molecule has 1 unspecified atom stereocenters. The van der Waals surface area contributed by atoms with Crippen LogP contribution >= 0.6 is 35.3 Å². The fourth-order valence-corrected chi connectivity index (χ4v) is 4.23. The first kappa shape index (κ1) is 22.0. The monoisotopic (exact) mass is 525 g/mol. The summed E-state index contributed by atoms with van der Waals surface area (Å²) in [6.07, 6.45) is 5.23. The minimum atomic E-state index is 0. The molecule has 1 atom stereocenters. The van der Waals surface area contributed by atoms with Gasteiger partial charge in [-0.25, -0.2) is 9.98 Å². The van der Waals surface area contributed by atoms with Crippen molar-refractivity contribution >= 4 is 46.2 Å². The predicted molar refractivity (Wildman–Crippen MR) is 129 cm³/mol. The highest BCUT2D eigenvalue weighted by molar-refractivity contribution is 14.0. The number of guanidine groups is 1. The molecule has 0 amide bonds. The third-order valence-electron chi connectivity index (χ3n) is 4.92. The largest absolute Gasteiger partial charge is 0.376 e. The van der Waals surface area contributed by atoms with Crippen molar-refractivity contribution in [2.75, 3.05) is 26.2 Å². The number of hydrogen-bond donors (Lipinski definition) is 1. The summed E-state index contributed by atoms with van der Waals surface area (Å²) in [7, 11) is 0.